The summed E-state index contributed by atoms with van der Waals surface area (Å²) in [5, 5.41) is 0.826. The SMILES string of the molecule is CCOC(=O)C(S)C(C)Cc1c[nH]c2ccccc12. The van der Waals surface area contributed by atoms with Crippen LogP contribution >= 0.6 is 12.6 Å². The lowest BCUT2D eigenvalue weighted by Crippen LogP contribution is -2.26. The topological polar surface area (TPSA) is 42.1 Å². The van der Waals surface area contributed by atoms with Gasteiger partial charge in [-0.2, -0.15) is 12.6 Å². The number of hydrogen-bond acceptors (Lipinski definition) is 3. The molecule has 0 radical (unpaired) electrons. The van der Waals surface area contributed by atoms with E-state index in [0.29, 0.717) is 6.61 Å². The fourth-order valence-corrected chi connectivity index (χ4v) is 2.40. The van der Waals surface area contributed by atoms with Crippen molar-refractivity contribution in [3.8, 4) is 0 Å². The molecule has 1 N–H and O–H groups in total. The van der Waals surface area contributed by atoms with Crippen molar-refractivity contribution in [2.75, 3.05) is 6.61 Å². The number of para-hydroxylation sites is 1. The highest BCUT2D eigenvalue weighted by Gasteiger charge is 2.23. The molecule has 4 heteroatoms. The fourth-order valence-electron chi connectivity index (χ4n) is 2.22. The van der Waals surface area contributed by atoms with Gasteiger partial charge in [-0.25, -0.2) is 0 Å². The molecule has 1 aromatic carbocycles. The first-order chi connectivity index (χ1) is 9.13. The molecule has 2 atom stereocenters. The zero-order valence-corrected chi connectivity index (χ0v) is 12.1. The normalized spacial score (nSPS) is 14.3. The Labute approximate surface area is 118 Å². The van der Waals surface area contributed by atoms with Crippen LogP contribution in [0.3, 0.4) is 0 Å². The van der Waals surface area contributed by atoms with Gasteiger partial charge in [0, 0.05) is 17.1 Å². The number of ether oxygens (including phenoxy) is 1. The van der Waals surface area contributed by atoms with E-state index in [1.54, 1.807) is 0 Å². The lowest BCUT2D eigenvalue weighted by Gasteiger charge is -2.17. The van der Waals surface area contributed by atoms with Gasteiger partial charge in [-0.1, -0.05) is 25.1 Å². The summed E-state index contributed by atoms with van der Waals surface area (Å²) in [7, 11) is 0. The van der Waals surface area contributed by atoms with Crippen LogP contribution in [0.5, 0.6) is 0 Å². The smallest absolute Gasteiger partial charge is 0.319 e. The molecule has 0 fully saturated rings. The van der Waals surface area contributed by atoms with E-state index in [1.807, 2.05) is 38.2 Å². The monoisotopic (exact) mass is 277 g/mol. The minimum absolute atomic E-state index is 0.126. The summed E-state index contributed by atoms with van der Waals surface area (Å²) in [6.07, 6.45) is 2.81. The quantitative estimate of drug-likeness (QED) is 0.651. The fraction of sp³-hybridized carbons (Fsp3) is 0.400. The third kappa shape index (κ3) is 3.13. The highest BCUT2D eigenvalue weighted by atomic mass is 32.1. The maximum Gasteiger partial charge on any atom is 0.319 e. The van der Waals surface area contributed by atoms with Crippen LogP contribution in [0.4, 0.5) is 0 Å². The maximum absolute atomic E-state index is 11.7. The number of fused-ring (bicyclic) bond motifs is 1. The predicted molar refractivity (Wildman–Crippen MR) is 80.6 cm³/mol. The second-order valence-electron chi connectivity index (χ2n) is 4.74. The van der Waals surface area contributed by atoms with E-state index in [1.165, 1.54) is 10.9 Å². The number of esters is 1. The molecule has 1 aromatic heterocycles. The van der Waals surface area contributed by atoms with Gasteiger partial charge in [0.15, 0.2) is 0 Å². The van der Waals surface area contributed by atoms with Gasteiger partial charge in [0.25, 0.3) is 0 Å². The van der Waals surface area contributed by atoms with Crippen molar-refractivity contribution < 1.29 is 9.53 Å². The summed E-state index contributed by atoms with van der Waals surface area (Å²) < 4.78 is 5.01. The van der Waals surface area contributed by atoms with E-state index in [9.17, 15) is 4.79 Å². The minimum atomic E-state index is -0.381. The minimum Gasteiger partial charge on any atom is -0.465 e. The molecular formula is C15H19NO2S. The molecule has 0 amide bonds. The van der Waals surface area contributed by atoms with Gasteiger partial charge in [0.1, 0.15) is 5.25 Å². The number of carbonyl (C=O) groups excluding carboxylic acids is 1. The van der Waals surface area contributed by atoms with E-state index in [-0.39, 0.29) is 17.1 Å². The molecule has 0 spiro atoms. The van der Waals surface area contributed by atoms with Crippen molar-refractivity contribution in [3.63, 3.8) is 0 Å². The number of H-pyrrole nitrogens is 1. The van der Waals surface area contributed by atoms with Crippen molar-refractivity contribution in [1.82, 2.24) is 4.98 Å². The lowest BCUT2D eigenvalue weighted by atomic mass is 9.97. The highest BCUT2D eigenvalue weighted by Crippen LogP contribution is 2.23. The standard InChI is InChI=1S/C15H19NO2S/c1-3-18-15(17)14(19)10(2)8-11-9-16-13-7-5-4-6-12(11)13/h4-7,9-10,14,16,19H,3,8H2,1-2H3. The van der Waals surface area contributed by atoms with Crippen LogP contribution in [0.1, 0.15) is 19.4 Å². The zero-order chi connectivity index (χ0) is 13.8. The largest absolute Gasteiger partial charge is 0.465 e. The van der Waals surface area contributed by atoms with Crippen LogP contribution in [0.2, 0.25) is 0 Å². The molecule has 0 aliphatic carbocycles. The van der Waals surface area contributed by atoms with E-state index < -0.39 is 0 Å². The van der Waals surface area contributed by atoms with Crippen LogP contribution in [-0.2, 0) is 16.0 Å². The first-order valence-electron chi connectivity index (χ1n) is 6.53. The summed E-state index contributed by atoms with van der Waals surface area (Å²) in [6, 6.07) is 8.17. The molecule has 0 saturated carbocycles. The molecule has 2 rings (SSSR count). The summed E-state index contributed by atoms with van der Waals surface area (Å²) in [5.41, 5.74) is 2.34. The molecule has 0 bridgehead atoms. The molecule has 19 heavy (non-hydrogen) atoms. The van der Waals surface area contributed by atoms with Crippen LogP contribution in [0, 0.1) is 5.92 Å². The van der Waals surface area contributed by atoms with E-state index in [0.717, 1.165) is 11.9 Å². The van der Waals surface area contributed by atoms with Gasteiger partial charge in [-0.15, -0.1) is 0 Å². The van der Waals surface area contributed by atoms with Crippen molar-refractivity contribution in [1.29, 1.82) is 0 Å². The van der Waals surface area contributed by atoms with Crippen LogP contribution in [0.25, 0.3) is 10.9 Å². The number of aromatic nitrogens is 1. The molecule has 102 valence electrons. The van der Waals surface area contributed by atoms with Gasteiger partial charge in [0.2, 0.25) is 0 Å². The average molecular weight is 277 g/mol. The molecule has 3 nitrogen and oxygen atoms in total. The second kappa shape index (κ2) is 6.15. The average Bonchev–Trinajstić information content (AvgIpc) is 2.81. The second-order valence-corrected chi connectivity index (χ2v) is 5.29. The first kappa shape index (κ1) is 14.0. The third-order valence-corrected chi connectivity index (χ3v) is 4.00. The zero-order valence-electron chi connectivity index (χ0n) is 11.2. The Morgan fingerprint density at radius 1 is 1.42 bits per heavy atom. The maximum atomic E-state index is 11.7. The molecule has 0 saturated heterocycles. The molecule has 0 aliphatic rings. The molecular weight excluding hydrogens is 258 g/mol. The van der Waals surface area contributed by atoms with Gasteiger partial charge in [-0.3, -0.25) is 4.79 Å². The van der Waals surface area contributed by atoms with Gasteiger partial charge in [-0.05, 0) is 30.9 Å². The summed E-state index contributed by atoms with van der Waals surface area (Å²) in [6.45, 7) is 4.23. The summed E-state index contributed by atoms with van der Waals surface area (Å²) in [4.78, 5) is 14.9. The van der Waals surface area contributed by atoms with E-state index in [2.05, 4.69) is 23.7 Å². The predicted octanol–water partition coefficient (Wildman–Crippen LogP) is 3.21. The van der Waals surface area contributed by atoms with Gasteiger partial charge in [0.05, 0.1) is 6.61 Å². The lowest BCUT2D eigenvalue weighted by molar-refractivity contribution is -0.143. The number of nitrogens with one attached hydrogen (secondary N) is 1. The number of thiol groups is 1. The Hall–Kier alpha value is -1.42. The number of benzene rings is 1. The molecule has 2 aromatic rings. The van der Waals surface area contributed by atoms with Gasteiger partial charge >= 0.3 is 5.97 Å². The number of hydrogen-bond donors (Lipinski definition) is 2. The Morgan fingerprint density at radius 2 is 2.16 bits per heavy atom. The van der Waals surface area contributed by atoms with Crippen molar-refractivity contribution in [2.45, 2.75) is 25.5 Å². The molecule has 2 unspecified atom stereocenters. The van der Waals surface area contributed by atoms with E-state index in [4.69, 9.17) is 4.74 Å². The summed E-state index contributed by atoms with van der Waals surface area (Å²) >= 11 is 4.37. The third-order valence-electron chi connectivity index (χ3n) is 3.28. The number of carbonyl (C=O) groups is 1. The molecule has 1 heterocycles. The van der Waals surface area contributed by atoms with Crippen molar-refractivity contribution >= 4 is 29.5 Å². The van der Waals surface area contributed by atoms with E-state index >= 15 is 0 Å². The Morgan fingerprint density at radius 3 is 2.89 bits per heavy atom. The van der Waals surface area contributed by atoms with Crippen LogP contribution in [0.15, 0.2) is 30.5 Å². The Kier molecular flexibility index (Phi) is 4.53. The number of rotatable bonds is 5. The van der Waals surface area contributed by atoms with Crippen LogP contribution < -0.4 is 0 Å². The number of aromatic amines is 1. The highest BCUT2D eigenvalue weighted by molar-refractivity contribution is 7.81. The Balaban J connectivity index is 2.10. The van der Waals surface area contributed by atoms with Gasteiger partial charge < -0.3 is 9.72 Å². The summed E-state index contributed by atoms with van der Waals surface area (Å²) in [5.74, 6) is -0.111. The Bertz CT molecular complexity index is 564. The van der Waals surface area contributed by atoms with Crippen molar-refractivity contribution in [3.05, 3.63) is 36.0 Å². The first-order valence-corrected chi connectivity index (χ1v) is 7.04. The molecule has 0 aliphatic heterocycles. The van der Waals surface area contributed by atoms with Crippen LogP contribution in [-0.4, -0.2) is 22.8 Å². The van der Waals surface area contributed by atoms with Crippen molar-refractivity contribution in [2.24, 2.45) is 5.92 Å².